The van der Waals surface area contributed by atoms with E-state index in [0.29, 0.717) is 18.5 Å². The largest absolute Gasteiger partial charge is 0.369 e. The first-order valence-corrected chi connectivity index (χ1v) is 9.51. The van der Waals surface area contributed by atoms with E-state index in [4.69, 9.17) is 10.3 Å². The number of nitrogens with zero attached hydrogens (tertiary/aromatic N) is 2. The summed E-state index contributed by atoms with van der Waals surface area (Å²) >= 11 is 0. The Kier molecular flexibility index (Phi) is 4.42. The minimum absolute atomic E-state index is 0.110. The fraction of sp³-hybridized carbons (Fsp3) is 0.412. The van der Waals surface area contributed by atoms with Gasteiger partial charge in [-0.1, -0.05) is 35.5 Å². The van der Waals surface area contributed by atoms with E-state index in [1.54, 1.807) is 13.8 Å². The highest BCUT2D eigenvalue weighted by Gasteiger charge is 2.44. The predicted octanol–water partition coefficient (Wildman–Crippen LogP) is 1.50. The van der Waals surface area contributed by atoms with Crippen LogP contribution < -0.4 is 5.73 Å². The van der Waals surface area contributed by atoms with Gasteiger partial charge in [0.1, 0.15) is 10.6 Å². The molecule has 8 heteroatoms. The van der Waals surface area contributed by atoms with Gasteiger partial charge in [-0.15, -0.1) is 0 Å². The van der Waals surface area contributed by atoms with Gasteiger partial charge in [0, 0.05) is 13.1 Å². The fourth-order valence-corrected chi connectivity index (χ4v) is 5.25. The SMILES string of the molecule is Cc1noc(C)c1S(=O)(=O)N1CCC(C(N)=O)(c2ccccc2)CC1. The van der Waals surface area contributed by atoms with E-state index in [-0.39, 0.29) is 23.7 Å². The van der Waals surface area contributed by atoms with Crippen LogP contribution in [0, 0.1) is 13.8 Å². The number of piperidine rings is 1. The van der Waals surface area contributed by atoms with Crippen LogP contribution >= 0.6 is 0 Å². The summed E-state index contributed by atoms with van der Waals surface area (Å²) in [5, 5.41) is 3.73. The maximum absolute atomic E-state index is 12.9. The number of primary amides is 1. The van der Waals surface area contributed by atoms with Gasteiger partial charge in [0.2, 0.25) is 15.9 Å². The van der Waals surface area contributed by atoms with E-state index in [2.05, 4.69) is 5.16 Å². The quantitative estimate of drug-likeness (QED) is 0.886. The van der Waals surface area contributed by atoms with Crippen LogP contribution in [0.5, 0.6) is 0 Å². The maximum Gasteiger partial charge on any atom is 0.248 e. The maximum atomic E-state index is 12.9. The average Bonchev–Trinajstić information content (AvgIpc) is 2.94. The Labute approximate surface area is 146 Å². The third-order valence-corrected chi connectivity index (χ3v) is 7.08. The van der Waals surface area contributed by atoms with Gasteiger partial charge >= 0.3 is 0 Å². The van der Waals surface area contributed by atoms with Crippen LogP contribution in [0.1, 0.15) is 29.9 Å². The van der Waals surface area contributed by atoms with Crippen molar-refractivity contribution < 1.29 is 17.7 Å². The lowest BCUT2D eigenvalue weighted by Gasteiger charge is -2.39. The van der Waals surface area contributed by atoms with Crippen molar-refractivity contribution >= 4 is 15.9 Å². The van der Waals surface area contributed by atoms with Crippen molar-refractivity contribution in [3.63, 3.8) is 0 Å². The highest BCUT2D eigenvalue weighted by atomic mass is 32.2. The number of aromatic nitrogens is 1. The van der Waals surface area contributed by atoms with Crippen molar-refractivity contribution in [1.29, 1.82) is 0 Å². The zero-order valence-electron chi connectivity index (χ0n) is 14.2. The van der Waals surface area contributed by atoms with Crippen LogP contribution in [0.3, 0.4) is 0 Å². The second-order valence-corrected chi connectivity index (χ2v) is 8.24. The predicted molar refractivity (Wildman–Crippen MR) is 91.3 cm³/mol. The van der Waals surface area contributed by atoms with Crippen molar-refractivity contribution in [2.24, 2.45) is 5.73 Å². The van der Waals surface area contributed by atoms with Crippen LogP contribution in [0.25, 0.3) is 0 Å². The van der Waals surface area contributed by atoms with Gasteiger partial charge in [0.15, 0.2) is 5.76 Å². The first-order chi connectivity index (χ1) is 11.8. The molecule has 0 aliphatic carbocycles. The number of hydrogen-bond acceptors (Lipinski definition) is 5. The molecule has 25 heavy (non-hydrogen) atoms. The second kappa shape index (κ2) is 6.27. The molecule has 0 atom stereocenters. The third-order valence-electron chi connectivity index (χ3n) is 4.94. The van der Waals surface area contributed by atoms with E-state index in [1.807, 2.05) is 30.3 Å². The molecule has 7 nitrogen and oxygen atoms in total. The molecular weight excluding hydrogens is 342 g/mol. The molecule has 0 spiro atoms. The lowest BCUT2D eigenvalue weighted by molar-refractivity contribution is -0.125. The Hall–Kier alpha value is -2.19. The Bertz CT molecular complexity index is 862. The van der Waals surface area contributed by atoms with Crippen molar-refractivity contribution in [3.05, 3.63) is 47.3 Å². The number of hydrogen-bond donors (Lipinski definition) is 1. The molecule has 3 rings (SSSR count). The number of benzene rings is 1. The number of nitrogens with two attached hydrogens (primary N) is 1. The number of sulfonamides is 1. The summed E-state index contributed by atoms with van der Waals surface area (Å²) in [5.41, 5.74) is 6.03. The highest BCUT2D eigenvalue weighted by Crippen LogP contribution is 2.37. The standard InChI is InChI=1S/C17H21N3O4S/c1-12-15(13(2)24-19-12)25(22,23)20-10-8-17(9-11-20,16(18)21)14-6-4-3-5-7-14/h3-7H,8-11H2,1-2H3,(H2,18,21). The van der Waals surface area contributed by atoms with Crippen molar-refractivity contribution in [3.8, 4) is 0 Å². The molecule has 2 heterocycles. The molecule has 1 saturated heterocycles. The summed E-state index contributed by atoms with van der Waals surface area (Å²) in [6.07, 6.45) is 0.684. The zero-order valence-corrected chi connectivity index (χ0v) is 15.0. The number of rotatable bonds is 4. The van der Waals surface area contributed by atoms with E-state index in [1.165, 1.54) is 4.31 Å². The molecule has 0 saturated carbocycles. The lowest BCUT2D eigenvalue weighted by Crippen LogP contribution is -2.51. The van der Waals surface area contributed by atoms with Gasteiger partial charge < -0.3 is 10.3 Å². The van der Waals surface area contributed by atoms with Gasteiger partial charge in [-0.25, -0.2) is 8.42 Å². The monoisotopic (exact) mass is 363 g/mol. The van der Waals surface area contributed by atoms with Crippen molar-refractivity contribution in [2.75, 3.05) is 13.1 Å². The smallest absolute Gasteiger partial charge is 0.248 e. The van der Waals surface area contributed by atoms with Crippen LogP contribution in [0.2, 0.25) is 0 Å². The number of aryl methyl sites for hydroxylation is 2. The molecule has 134 valence electrons. The second-order valence-electron chi connectivity index (χ2n) is 6.37. The average molecular weight is 363 g/mol. The molecular formula is C17H21N3O4S. The summed E-state index contributed by atoms with van der Waals surface area (Å²) in [6, 6.07) is 9.31. The lowest BCUT2D eigenvalue weighted by atomic mass is 9.72. The molecule has 1 amide bonds. The molecule has 0 bridgehead atoms. The molecule has 1 aliphatic heterocycles. The first kappa shape index (κ1) is 17.6. The van der Waals surface area contributed by atoms with Gasteiger partial charge in [0.25, 0.3) is 0 Å². The summed E-state index contributed by atoms with van der Waals surface area (Å²) in [6.45, 7) is 3.61. The molecule has 1 aromatic carbocycles. The molecule has 1 fully saturated rings. The van der Waals surface area contributed by atoms with Crippen molar-refractivity contribution in [2.45, 2.75) is 37.0 Å². The fourth-order valence-electron chi connectivity index (χ4n) is 3.51. The molecule has 0 radical (unpaired) electrons. The molecule has 1 aliphatic rings. The van der Waals surface area contributed by atoms with E-state index in [0.717, 1.165) is 5.56 Å². The Balaban J connectivity index is 1.89. The number of carbonyl (C=O) groups is 1. The Morgan fingerprint density at radius 3 is 2.28 bits per heavy atom. The van der Waals surface area contributed by atoms with E-state index in [9.17, 15) is 13.2 Å². The van der Waals surface area contributed by atoms with Crippen LogP contribution in [-0.2, 0) is 20.2 Å². The van der Waals surface area contributed by atoms with Crippen molar-refractivity contribution in [1.82, 2.24) is 9.46 Å². The van der Waals surface area contributed by atoms with Gasteiger partial charge in [-0.3, -0.25) is 4.79 Å². The Morgan fingerprint density at radius 1 is 1.20 bits per heavy atom. The van der Waals surface area contributed by atoms with E-state index >= 15 is 0 Å². The van der Waals surface area contributed by atoms with Gasteiger partial charge in [-0.05, 0) is 32.3 Å². The number of carbonyl (C=O) groups excluding carboxylic acids is 1. The highest BCUT2D eigenvalue weighted by molar-refractivity contribution is 7.89. The van der Waals surface area contributed by atoms with Crippen LogP contribution in [-0.4, -0.2) is 36.9 Å². The van der Waals surface area contributed by atoms with Crippen LogP contribution in [0.15, 0.2) is 39.8 Å². The minimum Gasteiger partial charge on any atom is -0.369 e. The summed E-state index contributed by atoms with van der Waals surface area (Å²) in [4.78, 5) is 12.3. The number of amides is 1. The Morgan fingerprint density at radius 2 is 1.80 bits per heavy atom. The summed E-state index contributed by atoms with van der Waals surface area (Å²) in [5.74, 6) is -0.152. The van der Waals surface area contributed by atoms with E-state index < -0.39 is 21.3 Å². The molecule has 2 aromatic rings. The topological polar surface area (TPSA) is 106 Å². The first-order valence-electron chi connectivity index (χ1n) is 8.07. The third kappa shape index (κ3) is 2.85. The normalized spacial score (nSPS) is 18.2. The minimum atomic E-state index is -3.71. The molecule has 2 N–H and O–H groups in total. The molecule has 0 unspecified atom stereocenters. The summed E-state index contributed by atoms with van der Waals surface area (Å²) in [7, 11) is -3.71. The van der Waals surface area contributed by atoms with Gasteiger partial charge in [0.05, 0.1) is 5.41 Å². The van der Waals surface area contributed by atoms with Crippen LogP contribution in [0.4, 0.5) is 0 Å². The zero-order chi connectivity index (χ0) is 18.2. The molecule has 1 aromatic heterocycles. The van der Waals surface area contributed by atoms with Gasteiger partial charge in [-0.2, -0.15) is 4.31 Å². The summed E-state index contributed by atoms with van der Waals surface area (Å²) < 4.78 is 32.2.